The molecular formula is C19H15N3O4. The average molecular weight is 349 g/mol. The summed E-state index contributed by atoms with van der Waals surface area (Å²) in [6, 6.07) is 13.8. The lowest BCUT2D eigenvalue weighted by Crippen LogP contribution is -2.08. The van der Waals surface area contributed by atoms with Crippen molar-refractivity contribution in [3.8, 4) is 17.2 Å². The van der Waals surface area contributed by atoms with Gasteiger partial charge >= 0.3 is 5.97 Å². The van der Waals surface area contributed by atoms with Crippen molar-refractivity contribution < 1.29 is 19.0 Å². The summed E-state index contributed by atoms with van der Waals surface area (Å²) in [5.74, 6) is 1.76. The van der Waals surface area contributed by atoms with E-state index in [1.165, 1.54) is 6.33 Å². The summed E-state index contributed by atoms with van der Waals surface area (Å²) in [4.78, 5) is 20.6. The molecule has 7 heteroatoms. The van der Waals surface area contributed by atoms with E-state index in [2.05, 4.69) is 15.3 Å². The maximum Gasteiger partial charge on any atom is 0.343 e. The molecule has 4 rings (SSSR count). The largest absolute Gasteiger partial charge is 0.454 e. The lowest BCUT2D eigenvalue weighted by atomic mass is 10.2. The van der Waals surface area contributed by atoms with Crippen molar-refractivity contribution in [3.63, 3.8) is 0 Å². The van der Waals surface area contributed by atoms with Gasteiger partial charge in [-0.3, -0.25) is 0 Å². The van der Waals surface area contributed by atoms with E-state index in [4.69, 9.17) is 14.2 Å². The molecule has 0 unspecified atom stereocenters. The third kappa shape index (κ3) is 3.41. The highest BCUT2D eigenvalue weighted by Gasteiger charge is 2.17. The molecule has 26 heavy (non-hydrogen) atoms. The molecule has 1 aliphatic rings. The first kappa shape index (κ1) is 15.9. The highest BCUT2D eigenvalue weighted by atomic mass is 16.7. The number of fused-ring (bicyclic) bond motifs is 1. The number of rotatable bonds is 4. The van der Waals surface area contributed by atoms with Crippen molar-refractivity contribution in [2.24, 2.45) is 0 Å². The van der Waals surface area contributed by atoms with Crippen LogP contribution in [0.1, 0.15) is 16.1 Å². The van der Waals surface area contributed by atoms with Crippen molar-refractivity contribution in [1.29, 1.82) is 0 Å². The molecule has 3 aromatic rings. The Morgan fingerprint density at radius 1 is 1.08 bits per heavy atom. The van der Waals surface area contributed by atoms with Crippen LogP contribution in [0, 0.1) is 6.92 Å². The fourth-order valence-electron chi connectivity index (χ4n) is 2.50. The highest BCUT2D eigenvalue weighted by molar-refractivity contribution is 5.92. The minimum absolute atomic E-state index is 0.157. The number of hydrogen-bond donors (Lipinski definition) is 1. The van der Waals surface area contributed by atoms with Crippen LogP contribution in [0.5, 0.6) is 17.2 Å². The predicted molar refractivity (Wildman–Crippen MR) is 94.0 cm³/mol. The molecule has 2 aromatic carbocycles. The first-order valence-corrected chi connectivity index (χ1v) is 7.95. The predicted octanol–water partition coefficient (Wildman–Crippen LogP) is 3.48. The van der Waals surface area contributed by atoms with Gasteiger partial charge in [0.2, 0.25) is 6.79 Å². The number of nitrogens with one attached hydrogen (secondary N) is 1. The fraction of sp³-hybridized carbons (Fsp3) is 0.105. The minimum atomic E-state index is -0.474. The number of ether oxygens (including phenoxy) is 3. The van der Waals surface area contributed by atoms with E-state index in [0.717, 1.165) is 11.4 Å². The van der Waals surface area contributed by atoms with Crippen molar-refractivity contribution in [1.82, 2.24) is 9.97 Å². The Hall–Kier alpha value is -3.61. The van der Waals surface area contributed by atoms with E-state index in [0.29, 0.717) is 28.6 Å². The van der Waals surface area contributed by atoms with Gasteiger partial charge in [0, 0.05) is 23.5 Å². The molecular weight excluding hydrogens is 334 g/mol. The molecule has 7 nitrogen and oxygen atoms in total. The number of hydrogen-bond acceptors (Lipinski definition) is 7. The number of anilines is 2. The third-order valence-corrected chi connectivity index (χ3v) is 3.73. The molecule has 0 spiro atoms. The number of aryl methyl sites for hydroxylation is 1. The first-order chi connectivity index (χ1) is 12.7. The molecule has 0 aliphatic carbocycles. The SMILES string of the molecule is Cc1cc(Nc2cccc(OC(=O)c3ccc4c(c3)OCO4)c2)ncn1. The van der Waals surface area contributed by atoms with Crippen LogP contribution in [0.3, 0.4) is 0 Å². The summed E-state index contributed by atoms with van der Waals surface area (Å²) in [5.41, 5.74) is 1.99. The summed E-state index contributed by atoms with van der Waals surface area (Å²) < 4.78 is 16.0. The third-order valence-electron chi connectivity index (χ3n) is 3.73. The van der Waals surface area contributed by atoms with Gasteiger partial charge in [-0.2, -0.15) is 0 Å². The maximum absolute atomic E-state index is 12.4. The summed E-state index contributed by atoms with van der Waals surface area (Å²) in [5, 5.41) is 3.15. The highest BCUT2D eigenvalue weighted by Crippen LogP contribution is 2.33. The Bertz CT molecular complexity index is 975. The molecule has 0 atom stereocenters. The van der Waals surface area contributed by atoms with E-state index in [9.17, 15) is 4.79 Å². The molecule has 2 heterocycles. The van der Waals surface area contributed by atoms with Crippen molar-refractivity contribution in [2.45, 2.75) is 6.92 Å². The Balaban J connectivity index is 1.49. The number of benzene rings is 2. The zero-order chi connectivity index (χ0) is 17.9. The van der Waals surface area contributed by atoms with Crippen LogP contribution in [0.15, 0.2) is 54.9 Å². The standard InChI is InChI=1S/C19H15N3O4/c1-12-7-18(21-10-20-12)22-14-3-2-4-15(9-14)26-19(23)13-5-6-16-17(8-13)25-11-24-16/h2-10H,11H2,1H3,(H,20,21,22). The van der Waals surface area contributed by atoms with E-state index >= 15 is 0 Å². The van der Waals surface area contributed by atoms with Gasteiger partial charge in [-0.25, -0.2) is 14.8 Å². The second kappa shape index (κ2) is 6.72. The van der Waals surface area contributed by atoms with Gasteiger partial charge < -0.3 is 19.5 Å². The van der Waals surface area contributed by atoms with Gasteiger partial charge in [0.1, 0.15) is 17.9 Å². The Morgan fingerprint density at radius 3 is 2.85 bits per heavy atom. The van der Waals surface area contributed by atoms with Gasteiger partial charge in [0.15, 0.2) is 11.5 Å². The lowest BCUT2D eigenvalue weighted by Gasteiger charge is -2.09. The van der Waals surface area contributed by atoms with Gasteiger partial charge in [-0.05, 0) is 37.3 Å². The molecule has 130 valence electrons. The van der Waals surface area contributed by atoms with Crippen LogP contribution in [0.2, 0.25) is 0 Å². The van der Waals surface area contributed by atoms with Crippen LogP contribution in [0.25, 0.3) is 0 Å². The number of aromatic nitrogens is 2. The van der Waals surface area contributed by atoms with Crippen LogP contribution >= 0.6 is 0 Å². The van der Waals surface area contributed by atoms with E-state index in [1.807, 2.05) is 19.1 Å². The number of esters is 1. The van der Waals surface area contributed by atoms with Crippen molar-refractivity contribution >= 4 is 17.5 Å². The van der Waals surface area contributed by atoms with E-state index in [1.54, 1.807) is 36.4 Å². The monoisotopic (exact) mass is 349 g/mol. The van der Waals surface area contributed by atoms with E-state index < -0.39 is 5.97 Å². The van der Waals surface area contributed by atoms with Gasteiger partial charge in [0.05, 0.1) is 5.56 Å². The molecule has 0 fully saturated rings. The van der Waals surface area contributed by atoms with Crippen LogP contribution in [0.4, 0.5) is 11.5 Å². The second-order valence-electron chi connectivity index (χ2n) is 5.66. The average Bonchev–Trinajstić information content (AvgIpc) is 3.10. The fourth-order valence-corrected chi connectivity index (χ4v) is 2.50. The molecule has 0 saturated carbocycles. The molecule has 0 radical (unpaired) electrons. The number of nitrogens with zero attached hydrogens (tertiary/aromatic N) is 2. The summed E-state index contributed by atoms with van der Waals surface area (Å²) in [6.45, 7) is 2.04. The quantitative estimate of drug-likeness (QED) is 0.570. The Kier molecular flexibility index (Phi) is 4.10. The normalized spacial score (nSPS) is 11.9. The zero-order valence-electron chi connectivity index (χ0n) is 13.9. The molecule has 0 bridgehead atoms. The van der Waals surface area contributed by atoms with Crippen molar-refractivity contribution in [2.75, 3.05) is 12.1 Å². The smallest absolute Gasteiger partial charge is 0.343 e. The summed E-state index contributed by atoms with van der Waals surface area (Å²) in [6.07, 6.45) is 1.49. The van der Waals surface area contributed by atoms with Gasteiger partial charge in [0.25, 0.3) is 0 Å². The second-order valence-corrected chi connectivity index (χ2v) is 5.66. The first-order valence-electron chi connectivity index (χ1n) is 7.95. The Labute approximate surface area is 149 Å². The summed E-state index contributed by atoms with van der Waals surface area (Å²) >= 11 is 0. The molecule has 0 amide bonds. The minimum Gasteiger partial charge on any atom is -0.454 e. The van der Waals surface area contributed by atoms with E-state index in [-0.39, 0.29) is 6.79 Å². The maximum atomic E-state index is 12.4. The van der Waals surface area contributed by atoms with Crippen molar-refractivity contribution in [3.05, 3.63) is 66.1 Å². The van der Waals surface area contributed by atoms with Crippen LogP contribution < -0.4 is 19.5 Å². The zero-order valence-corrected chi connectivity index (χ0v) is 13.9. The molecule has 1 aliphatic heterocycles. The van der Waals surface area contributed by atoms with Crippen LogP contribution in [-0.4, -0.2) is 22.7 Å². The Morgan fingerprint density at radius 2 is 1.96 bits per heavy atom. The van der Waals surface area contributed by atoms with Gasteiger partial charge in [-0.15, -0.1) is 0 Å². The van der Waals surface area contributed by atoms with Gasteiger partial charge in [-0.1, -0.05) is 6.07 Å². The lowest BCUT2D eigenvalue weighted by molar-refractivity contribution is 0.0734. The summed E-state index contributed by atoms with van der Waals surface area (Å²) in [7, 11) is 0. The topological polar surface area (TPSA) is 82.6 Å². The molecule has 1 N–H and O–H groups in total. The number of carbonyl (C=O) groups is 1. The molecule has 1 aromatic heterocycles. The van der Waals surface area contributed by atoms with Crippen LogP contribution in [-0.2, 0) is 0 Å². The number of carbonyl (C=O) groups excluding carboxylic acids is 1. The molecule has 0 saturated heterocycles.